The van der Waals surface area contributed by atoms with E-state index in [1.165, 1.54) is 0 Å². The number of hydrogen-bond acceptors (Lipinski definition) is 3. The normalized spacial score (nSPS) is 18.0. The van der Waals surface area contributed by atoms with Crippen molar-refractivity contribution in [2.75, 3.05) is 13.1 Å². The number of nitrogens with zero attached hydrogens (tertiary/aromatic N) is 3. The number of carbonyl (C=O) groups excluding carboxylic acids is 1. The van der Waals surface area contributed by atoms with Crippen LogP contribution in [-0.4, -0.2) is 39.8 Å². The van der Waals surface area contributed by atoms with Crippen LogP contribution in [0.2, 0.25) is 0 Å². The summed E-state index contributed by atoms with van der Waals surface area (Å²) >= 11 is 0. The van der Waals surface area contributed by atoms with E-state index in [-0.39, 0.29) is 12.0 Å². The molecule has 1 aromatic heterocycles. The zero-order valence-electron chi connectivity index (χ0n) is 12.3. The minimum absolute atomic E-state index is 0.0252. The molecule has 0 bridgehead atoms. The molecule has 2 heterocycles. The number of para-hydroxylation sites is 1. The van der Waals surface area contributed by atoms with Crippen LogP contribution in [0.4, 0.5) is 0 Å². The summed E-state index contributed by atoms with van der Waals surface area (Å²) in [5.41, 5.74) is 1.49. The summed E-state index contributed by atoms with van der Waals surface area (Å²) in [6.45, 7) is 3.24. The molecule has 1 aromatic carbocycles. The van der Waals surface area contributed by atoms with Crippen LogP contribution in [0, 0.1) is 6.92 Å². The van der Waals surface area contributed by atoms with E-state index in [0.717, 1.165) is 24.4 Å². The Bertz CT molecular complexity index is 636. The van der Waals surface area contributed by atoms with Gasteiger partial charge in [-0.25, -0.2) is 0 Å². The summed E-state index contributed by atoms with van der Waals surface area (Å²) in [6.07, 6.45) is 0.919. The van der Waals surface area contributed by atoms with Crippen LogP contribution in [0.1, 0.15) is 22.6 Å². The van der Waals surface area contributed by atoms with Crippen molar-refractivity contribution in [2.45, 2.75) is 19.4 Å². The Morgan fingerprint density at radius 1 is 1.33 bits per heavy atom. The number of aryl methyl sites for hydroxylation is 2. The molecule has 0 spiro atoms. The van der Waals surface area contributed by atoms with E-state index in [0.29, 0.717) is 12.2 Å². The molecule has 1 fully saturated rings. The van der Waals surface area contributed by atoms with Crippen LogP contribution in [-0.2, 0) is 7.05 Å². The van der Waals surface area contributed by atoms with Gasteiger partial charge in [0, 0.05) is 20.0 Å². The summed E-state index contributed by atoms with van der Waals surface area (Å²) < 4.78 is 7.55. The van der Waals surface area contributed by atoms with Crippen LogP contribution in [0.5, 0.6) is 5.75 Å². The Labute approximate surface area is 124 Å². The van der Waals surface area contributed by atoms with Gasteiger partial charge >= 0.3 is 0 Å². The maximum absolute atomic E-state index is 12.5. The summed E-state index contributed by atoms with van der Waals surface area (Å²) in [5.74, 6) is 0.880. The van der Waals surface area contributed by atoms with Gasteiger partial charge in [0.15, 0.2) is 0 Å². The lowest BCUT2D eigenvalue weighted by molar-refractivity contribution is 0.0761. The molecule has 1 amide bonds. The van der Waals surface area contributed by atoms with Crippen molar-refractivity contribution in [1.82, 2.24) is 14.7 Å². The number of rotatable bonds is 3. The van der Waals surface area contributed by atoms with Gasteiger partial charge in [-0.3, -0.25) is 9.48 Å². The third-order valence-corrected chi connectivity index (χ3v) is 3.70. The van der Waals surface area contributed by atoms with E-state index in [2.05, 4.69) is 5.10 Å². The van der Waals surface area contributed by atoms with Gasteiger partial charge in [-0.15, -0.1) is 0 Å². The third kappa shape index (κ3) is 2.91. The molecule has 1 aliphatic rings. The molecule has 2 aromatic rings. The molecule has 1 aliphatic heterocycles. The smallest absolute Gasteiger partial charge is 0.272 e. The highest BCUT2D eigenvalue weighted by Crippen LogP contribution is 2.19. The predicted molar refractivity (Wildman–Crippen MR) is 79.3 cm³/mol. The second-order valence-electron chi connectivity index (χ2n) is 5.39. The Morgan fingerprint density at radius 2 is 2.10 bits per heavy atom. The Hall–Kier alpha value is -2.30. The van der Waals surface area contributed by atoms with E-state index >= 15 is 0 Å². The zero-order valence-corrected chi connectivity index (χ0v) is 12.3. The largest absolute Gasteiger partial charge is 0.489 e. The van der Waals surface area contributed by atoms with Crippen LogP contribution >= 0.6 is 0 Å². The lowest BCUT2D eigenvalue weighted by Crippen LogP contribution is -2.32. The SMILES string of the molecule is Cc1cc(C(=O)N2CCC(Oc3ccccc3)C2)n(C)n1. The number of carbonyl (C=O) groups is 1. The van der Waals surface area contributed by atoms with Crippen molar-refractivity contribution in [2.24, 2.45) is 7.05 Å². The van der Waals surface area contributed by atoms with E-state index in [1.807, 2.05) is 48.2 Å². The van der Waals surface area contributed by atoms with Gasteiger partial charge in [0.05, 0.1) is 12.2 Å². The number of ether oxygens (including phenoxy) is 1. The van der Waals surface area contributed by atoms with E-state index in [1.54, 1.807) is 11.7 Å². The summed E-state index contributed by atoms with van der Waals surface area (Å²) in [5, 5.41) is 4.23. The molecule has 5 nitrogen and oxygen atoms in total. The number of hydrogen-bond donors (Lipinski definition) is 0. The minimum Gasteiger partial charge on any atom is -0.489 e. The van der Waals surface area contributed by atoms with E-state index in [4.69, 9.17) is 4.74 Å². The monoisotopic (exact) mass is 285 g/mol. The predicted octanol–water partition coefficient (Wildman–Crippen LogP) is 2.02. The average molecular weight is 285 g/mol. The lowest BCUT2D eigenvalue weighted by Gasteiger charge is -2.17. The van der Waals surface area contributed by atoms with Gasteiger partial charge in [0.1, 0.15) is 17.5 Å². The standard InChI is InChI=1S/C16H19N3O2/c1-12-10-15(18(2)17-12)16(20)19-9-8-14(11-19)21-13-6-4-3-5-7-13/h3-7,10,14H,8-9,11H2,1-2H3. The van der Waals surface area contributed by atoms with Crippen molar-refractivity contribution in [3.63, 3.8) is 0 Å². The summed E-state index contributed by atoms with van der Waals surface area (Å²) in [4.78, 5) is 14.3. The second-order valence-corrected chi connectivity index (χ2v) is 5.39. The topological polar surface area (TPSA) is 47.4 Å². The lowest BCUT2D eigenvalue weighted by atomic mass is 10.3. The van der Waals surface area contributed by atoms with Crippen LogP contribution in [0.3, 0.4) is 0 Å². The molecule has 1 saturated heterocycles. The maximum Gasteiger partial charge on any atom is 0.272 e. The summed E-state index contributed by atoms with van der Waals surface area (Å²) in [7, 11) is 1.80. The molecule has 1 unspecified atom stereocenters. The first-order valence-corrected chi connectivity index (χ1v) is 7.15. The highest BCUT2D eigenvalue weighted by molar-refractivity contribution is 5.92. The van der Waals surface area contributed by atoms with E-state index < -0.39 is 0 Å². The zero-order chi connectivity index (χ0) is 14.8. The van der Waals surface area contributed by atoms with Gasteiger partial charge in [-0.2, -0.15) is 5.10 Å². The molecule has 110 valence electrons. The highest BCUT2D eigenvalue weighted by Gasteiger charge is 2.29. The molecule has 5 heteroatoms. The fraction of sp³-hybridized carbons (Fsp3) is 0.375. The molecular weight excluding hydrogens is 266 g/mol. The molecule has 21 heavy (non-hydrogen) atoms. The number of benzene rings is 1. The van der Waals surface area contributed by atoms with Crippen molar-refractivity contribution in [3.8, 4) is 5.75 Å². The number of aromatic nitrogens is 2. The second kappa shape index (κ2) is 5.60. The highest BCUT2D eigenvalue weighted by atomic mass is 16.5. The van der Waals surface area contributed by atoms with Crippen LogP contribution < -0.4 is 4.74 Å². The maximum atomic E-state index is 12.5. The number of likely N-dealkylation sites (tertiary alicyclic amines) is 1. The first-order chi connectivity index (χ1) is 10.1. The molecule has 0 N–H and O–H groups in total. The van der Waals surface area contributed by atoms with Crippen molar-refractivity contribution < 1.29 is 9.53 Å². The molecule has 0 saturated carbocycles. The third-order valence-electron chi connectivity index (χ3n) is 3.70. The fourth-order valence-corrected chi connectivity index (χ4v) is 2.67. The molecule has 3 rings (SSSR count). The van der Waals surface area contributed by atoms with Crippen molar-refractivity contribution in [3.05, 3.63) is 47.8 Å². The van der Waals surface area contributed by atoms with Gasteiger partial charge in [-0.1, -0.05) is 18.2 Å². The van der Waals surface area contributed by atoms with Crippen LogP contribution in [0.15, 0.2) is 36.4 Å². The molecule has 0 aliphatic carbocycles. The van der Waals surface area contributed by atoms with Gasteiger partial charge in [0.25, 0.3) is 5.91 Å². The first-order valence-electron chi connectivity index (χ1n) is 7.15. The Morgan fingerprint density at radius 3 is 2.76 bits per heavy atom. The Kier molecular flexibility index (Phi) is 3.64. The molecular formula is C16H19N3O2. The Balaban J connectivity index is 1.64. The molecule has 1 atom stereocenters. The summed E-state index contributed by atoms with van der Waals surface area (Å²) in [6, 6.07) is 11.6. The number of amides is 1. The van der Waals surface area contributed by atoms with E-state index in [9.17, 15) is 4.79 Å². The fourth-order valence-electron chi connectivity index (χ4n) is 2.67. The molecule has 0 radical (unpaired) electrons. The van der Waals surface area contributed by atoms with Crippen molar-refractivity contribution in [1.29, 1.82) is 0 Å². The van der Waals surface area contributed by atoms with Crippen LogP contribution in [0.25, 0.3) is 0 Å². The van der Waals surface area contributed by atoms with Gasteiger partial charge < -0.3 is 9.64 Å². The first kappa shape index (κ1) is 13.7. The minimum atomic E-state index is 0.0252. The van der Waals surface area contributed by atoms with Crippen molar-refractivity contribution >= 4 is 5.91 Å². The quantitative estimate of drug-likeness (QED) is 0.867. The van der Waals surface area contributed by atoms with Gasteiger partial charge in [-0.05, 0) is 25.1 Å². The average Bonchev–Trinajstić information content (AvgIpc) is 3.06. The van der Waals surface area contributed by atoms with Gasteiger partial charge in [0.2, 0.25) is 0 Å².